The lowest BCUT2D eigenvalue weighted by atomic mass is 10.1. The number of aryl methyl sites for hydroxylation is 1. The average molecular weight is 388 g/mol. The van der Waals surface area contributed by atoms with Crippen molar-refractivity contribution in [3.05, 3.63) is 29.8 Å². The van der Waals surface area contributed by atoms with E-state index in [1.165, 1.54) is 11.8 Å². The van der Waals surface area contributed by atoms with E-state index in [0.29, 0.717) is 11.7 Å². The molecule has 27 heavy (non-hydrogen) atoms. The van der Waals surface area contributed by atoms with Crippen molar-refractivity contribution in [2.45, 2.75) is 57.3 Å². The maximum absolute atomic E-state index is 12.1. The lowest BCUT2D eigenvalue weighted by molar-refractivity contribution is -0.117. The van der Waals surface area contributed by atoms with Crippen LogP contribution in [0.4, 0.5) is 4.79 Å². The molecule has 3 amide bonds. The molecule has 1 heterocycles. The fraction of sp³-hybridized carbons (Fsp3) is 0.474. The summed E-state index contributed by atoms with van der Waals surface area (Å²) >= 11 is 1.28. The zero-order chi connectivity index (χ0) is 19.2. The Balaban J connectivity index is 1.57. The summed E-state index contributed by atoms with van der Waals surface area (Å²) in [7, 11) is 0. The standard InChI is InChI=1S/C19H25N5O2S/c1-3-24-17(14-8-6-7-13(2)11-14)22-23-19(24)27-12-16(25)21-18(26)20-15-9-4-5-10-15/h6-8,11,15H,3-5,9-10,12H2,1-2H3,(H2,20,21,25,26). The fourth-order valence-electron chi connectivity index (χ4n) is 3.26. The molecule has 1 aromatic carbocycles. The molecule has 2 aromatic rings. The van der Waals surface area contributed by atoms with Crippen LogP contribution in [0.1, 0.15) is 38.2 Å². The van der Waals surface area contributed by atoms with E-state index in [0.717, 1.165) is 42.6 Å². The quantitative estimate of drug-likeness (QED) is 0.744. The molecule has 0 atom stereocenters. The maximum atomic E-state index is 12.1. The average Bonchev–Trinajstić information content (AvgIpc) is 3.28. The van der Waals surface area contributed by atoms with Gasteiger partial charge in [-0.1, -0.05) is 48.4 Å². The van der Waals surface area contributed by atoms with Crippen molar-refractivity contribution >= 4 is 23.7 Å². The molecule has 0 saturated heterocycles. The summed E-state index contributed by atoms with van der Waals surface area (Å²) in [6, 6.07) is 7.85. The number of imide groups is 1. The molecule has 0 aliphatic heterocycles. The van der Waals surface area contributed by atoms with Gasteiger partial charge >= 0.3 is 6.03 Å². The summed E-state index contributed by atoms with van der Waals surface area (Å²) in [6.07, 6.45) is 4.23. The maximum Gasteiger partial charge on any atom is 0.321 e. The minimum Gasteiger partial charge on any atom is -0.335 e. The van der Waals surface area contributed by atoms with E-state index in [1.807, 2.05) is 36.6 Å². The molecule has 1 fully saturated rings. The molecule has 1 aliphatic carbocycles. The molecule has 7 nitrogen and oxygen atoms in total. The second kappa shape index (κ2) is 9.03. The van der Waals surface area contributed by atoms with Crippen LogP contribution in [0.15, 0.2) is 29.4 Å². The van der Waals surface area contributed by atoms with Crippen LogP contribution < -0.4 is 10.6 Å². The van der Waals surface area contributed by atoms with Gasteiger partial charge in [0, 0.05) is 18.2 Å². The van der Waals surface area contributed by atoms with Gasteiger partial charge in [-0.25, -0.2) is 4.79 Å². The number of nitrogens with zero attached hydrogens (tertiary/aromatic N) is 3. The number of aromatic nitrogens is 3. The molecule has 1 saturated carbocycles. The molecule has 8 heteroatoms. The lowest BCUT2D eigenvalue weighted by Crippen LogP contribution is -2.44. The minimum atomic E-state index is -0.412. The van der Waals surface area contributed by atoms with E-state index >= 15 is 0 Å². The Morgan fingerprint density at radius 1 is 1.26 bits per heavy atom. The summed E-state index contributed by atoms with van der Waals surface area (Å²) in [5, 5.41) is 14.4. The van der Waals surface area contributed by atoms with Crippen molar-refractivity contribution < 1.29 is 9.59 Å². The molecule has 1 aromatic heterocycles. The molecule has 1 aliphatic rings. The number of rotatable bonds is 6. The van der Waals surface area contributed by atoms with Crippen molar-refractivity contribution in [2.24, 2.45) is 0 Å². The van der Waals surface area contributed by atoms with Crippen molar-refractivity contribution in [1.82, 2.24) is 25.4 Å². The Kier molecular flexibility index (Phi) is 6.49. The fourth-order valence-corrected chi connectivity index (χ4v) is 4.06. The summed E-state index contributed by atoms with van der Waals surface area (Å²) < 4.78 is 1.98. The van der Waals surface area contributed by atoms with E-state index in [4.69, 9.17) is 0 Å². The highest BCUT2D eigenvalue weighted by molar-refractivity contribution is 7.99. The van der Waals surface area contributed by atoms with Crippen LogP contribution in [0.25, 0.3) is 11.4 Å². The molecule has 0 unspecified atom stereocenters. The van der Waals surface area contributed by atoms with Gasteiger partial charge in [0.05, 0.1) is 5.75 Å². The third-order valence-electron chi connectivity index (χ3n) is 4.59. The Morgan fingerprint density at radius 2 is 2.04 bits per heavy atom. The van der Waals surface area contributed by atoms with Gasteiger partial charge in [-0.3, -0.25) is 10.1 Å². The Hall–Kier alpha value is -2.35. The molecule has 0 bridgehead atoms. The van der Waals surface area contributed by atoms with Crippen LogP contribution in [-0.4, -0.2) is 38.5 Å². The number of nitrogens with one attached hydrogen (secondary N) is 2. The van der Waals surface area contributed by atoms with Crippen LogP contribution in [0, 0.1) is 6.92 Å². The predicted molar refractivity (Wildman–Crippen MR) is 106 cm³/mol. The van der Waals surface area contributed by atoms with E-state index in [-0.39, 0.29) is 17.7 Å². The Bertz CT molecular complexity index is 814. The van der Waals surface area contributed by atoms with Crippen LogP contribution in [0.5, 0.6) is 0 Å². The van der Waals surface area contributed by atoms with E-state index in [1.54, 1.807) is 0 Å². The number of urea groups is 1. The third-order valence-corrected chi connectivity index (χ3v) is 5.55. The number of amides is 3. The normalized spacial score (nSPS) is 14.3. The first-order chi connectivity index (χ1) is 13.1. The van der Waals surface area contributed by atoms with E-state index in [2.05, 4.69) is 26.9 Å². The van der Waals surface area contributed by atoms with Crippen molar-refractivity contribution in [2.75, 3.05) is 5.75 Å². The number of carbonyl (C=O) groups excluding carboxylic acids is 2. The van der Waals surface area contributed by atoms with Gasteiger partial charge in [-0.15, -0.1) is 10.2 Å². The van der Waals surface area contributed by atoms with Crippen molar-refractivity contribution in [3.63, 3.8) is 0 Å². The second-order valence-electron chi connectivity index (χ2n) is 6.71. The number of carbonyl (C=O) groups is 2. The van der Waals surface area contributed by atoms with Crippen LogP contribution in [-0.2, 0) is 11.3 Å². The lowest BCUT2D eigenvalue weighted by Gasteiger charge is -2.12. The SMILES string of the molecule is CCn1c(SCC(=O)NC(=O)NC2CCCC2)nnc1-c1cccc(C)c1. The zero-order valence-electron chi connectivity index (χ0n) is 15.7. The molecular formula is C19H25N5O2S. The first-order valence-electron chi connectivity index (χ1n) is 9.30. The minimum absolute atomic E-state index is 0.115. The van der Waals surface area contributed by atoms with Gasteiger partial charge in [-0.05, 0) is 32.8 Å². The third kappa shape index (κ3) is 5.09. The molecule has 0 radical (unpaired) electrons. The summed E-state index contributed by atoms with van der Waals surface area (Å²) in [4.78, 5) is 24.0. The largest absolute Gasteiger partial charge is 0.335 e. The zero-order valence-corrected chi connectivity index (χ0v) is 16.5. The predicted octanol–water partition coefficient (Wildman–Crippen LogP) is 3.13. The van der Waals surface area contributed by atoms with Gasteiger partial charge in [0.2, 0.25) is 5.91 Å². The number of thioether (sulfide) groups is 1. The smallest absolute Gasteiger partial charge is 0.321 e. The molecular weight excluding hydrogens is 362 g/mol. The highest BCUT2D eigenvalue weighted by Crippen LogP contribution is 2.24. The van der Waals surface area contributed by atoms with Crippen LogP contribution in [0.2, 0.25) is 0 Å². The number of hydrogen-bond acceptors (Lipinski definition) is 5. The summed E-state index contributed by atoms with van der Waals surface area (Å²) in [5.74, 6) is 0.561. The van der Waals surface area contributed by atoms with Gasteiger partial charge in [0.15, 0.2) is 11.0 Å². The molecule has 2 N–H and O–H groups in total. The Labute approximate surface area is 163 Å². The van der Waals surface area contributed by atoms with E-state index < -0.39 is 6.03 Å². The highest BCUT2D eigenvalue weighted by atomic mass is 32.2. The Morgan fingerprint density at radius 3 is 2.74 bits per heavy atom. The second-order valence-corrected chi connectivity index (χ2v) is 7.65. The molecule has 0 spiro atoms. The molecule has 3 rings (SSSR count). The number of benzene rings is 1. The first kappa shape index (κ1) is 19.4. The molecule has 144 valence electrons. The van der Waals surface area contributed by atoms with Crippen molar-refractivity contribution in [1.29, 1.82) is 0 Å². The van der Waals surface area contributed by atoms with Crippen molar-refractivity contribution in [3.8, 4) is 11.4 Å². The summed E-state index contributed by atoms with van der Waals surface area (Å²) in [5.41, 5.74) is 2.15. The monoisotopic (exact) mass is 387 g/mol. The van der Waals surface area contributed by atoms with Crippen LogP contribution >= 0.6 is 11.8 Å². The van der Waals surface area contributed by atoms with Gasteiger partial charge < -0.3 is 9.88 Å². The van der Waals surface area contributed by atoms with Gasteiger partial charge in [0.25, 0.3) is 0 Å². The van der Waals surface area contributed by atoms with Gasteiger partial charge in [0.1, 0.15) is 0 Å². The van der Waals surface area contributed by atoms with Gasteiger partial charge in [-0.2, -0.15) is 0 Å². The topological polar surface area (TPSA) is 88.9 Å². The summed E-state index contributed by atoms with van der Waals surface area (Å²) in [6.45, 7) is 4.75. The van der Waals surface area contributed by atoms with Crippen LogP contribution in [0.3, 0.4) is 0 Å². The number of hydrogen-bond donors (Lipinski definition) is 2. The first-order valence-corrected chi connectivity index (χ1v) is 10.3. The highest BCUT2D eigenvalue weighted by Gasteiger charge is 2.19. The van der Waals surface area contributed by atoms with E-state index in [9.17, 15) is 9.59 Å².